The van der Waals surface area contributed by atoms with Crippen molar-refractivity contribution < 1.29 is 23.6 Å². The highest BCUT2D eigenvalue weighted by Crippen LogP contribution is 2.34. The lowest BCUT2D eigenvalue weighted by atomic mass is 9.49. The summed E-state index contributed by atoms with van der Waals surface area (Å²) in [7, 11) is 17.2. The summed E-state index contributed by atoms with van der Waals surface area (Å²) >= 11 is 9.52. The van der Waals surface area contributed by atoms with Crippen molar-refractivity contribution in [3.05, 3.63) is 51.5 Å². The van der Waals surface area contributed by atoms with Crippen LogP contribution in [0.5, 0.6) is 0 Å². The lowest BCUT2D eigenvalue weighted by Gasteiger charge is -2.24. The number of halogens is 3. The molecule has 2 N–H and O–H groups in total. The van der Waals surface area contributed by atoms with E-state index in [0.29, 0.717) is 10.2 Å². The summed E-state index contributed by atoms with van der Waals surface area (Å²) in [5.74, 6) is -2.48. The van der Waals surface area contributed by atoms with Gasteiger partial charge in [0.1, 0.15) is 5.52 Å². The average molecular weight is 529 g/mol. The minimum absolute atomic E-state index is 0.0444. The van der Waals surface area contributed by atoms with Crippen LogP contribution in [0.2, 0.25) is 5.02 Å². The maximum atomic E-state index is 15.5. The topological polar surface area (TPSA) is 94.5 Å². The minimum atomic E-state index is -1.92. The zero-order valence-electron chi connectivity index (χ0n) is 17.2. The maximum Gasteiger partial charge on any atom is 0.334 e. The second-order valence-electron chi connectivity index (χ2n) is 6.76. The second kappa shape index (κ2) is 10.2. The second-order valence-corrected chi connectivity index (χ2v) is 8.08. The first kappa shape index (κ1) is 25.1. The Bertz CT molecular complexity index is 1220. The van der Waals surface area contributed by atoms with E-state index in [1.807, 2.05) is 0 Å². The number of nitrogens with one attached hydrogen (secondary N) is 2. The number of hydrogen-bond donors (Lipinski definition) is 2. The van der Waals surface area contributed by atoms with Crippen LogP contribution in [-0.4, -0.2) is 58.2 Å². The fourth-order valence-electron chi connectivity index (χ4n) is 2.86. The van der Waals surface area contributed by atoms with Gasteiger partial charge in [-0.25, -0.2) is 19.6 Å². The molecule has 0 aliphatic carbocycles. The molecule has 1 aromatic heterocycles. The zero-order chi connectivity index (χ0) is 24.3. The normalized spacial score (nSPS) is 11.4. The van der Waals surface area contributed by atoms with Gasteiger partial charge in [0.2, 0.25) is 0 Å². The van der Waals surface area contributed by atoms with E-state index >= 15 is 4.39 Å². The van der Waals surface area contributed by atoms with Crippen molar-refractivity contribution in [1.82, 2.24) is 15.0 Å². The van der Waals surface area contributed by atoms with Crippen LogP contribution in [-0.2, 0) is 19.6 Å². The summed E-state index contributed by atoms with van der Waals surface area (Å²) in [6.07, 6.45) is 1.14. The van der Waals surface area contributed by atoms with Crippen molar-refractivity contribution in [3.8, 4) is 0 Å². The number of benzene rings is 2. The van der Waals surface area contributed by atoms with Crippen molar-refractivity contribution in [2.24, 2.45) is 0 Å². The molecular formula is C19H14B3BrClFN4O4. The van der Waals surface area contributed by atoms with Gasteiger partial charge >= 0.3 is 5.97 Å². The summed E-state index contributed by atoms with van der Waals surface area (Å²) in [5.41, 5.74) is 1.79. The number of esters is 1. The molecule has 0 saturated heterocycles. The summed E-state index contributed by atoms with van der Waals surface area (Å²) in [6, 6.07) is 6.11. The van der Waals surface area contributed by atoms with Gasteiger partial charge in [0.25, 0.3) is 5.91 Å². The van der Waals surface area contributed by atoms with Gasteiger partial charge in [0.05, 0.1) is 64.0 Å². The van der Waals surface area contributed by atoms with Crippen molar-refractivity contribution >= 4 is 85.4 Å². The lowest BCUT2D eigenvalue weighted by molar-refractivity contribution is -0.150. The van der Waals surface area contributed by atoms with Gasteiger partial charge in [-0.2, -0.15) is 0 Å². The van der Waals surface area contributed by atoms with Crippen LogP contribution in [0.1, 0.15) is 17.3 Å². The highest BCUT2D eigenvalue weighted by Gasteiger charge is 2.25. The van der Waals surface area contributed by atoms with E-state index in [-0.39, 0.29) is 33.9 Å². The molecule has 0 saturated carbocycles. The van der Waals surface area contributed by atoms with E-state index in [0.717, 1.165) is 10.9 Å². The molecule has 0 atom stereocenters. The van der Waals surface area contributed by atoms with Crippen LogP contribution in [0.15, 0.2) is 35.1 Å². The molecule has 14 heteroatoms. The molecule has 0 aliphatic rings. The zero-order valence-corrected chi connectivity index (χ0v) is 19.5. The van der Waals surface area contributed by atoms with Gasteiger partial charge < -0.3 is 14.6 Å². The predicted molar refractivity (Wildman–Crippen MR) is 127 cm³/mol. The third kappa shape index (κ3) is 5.71. The summed E-state index contributed by atoms with van der Waals surface area (Å²) < 4.78 is 22.0. The molecule has 164 valence electrons. The number of hydroxylamine groups is 1. The minimum Gasteiger partial charge on any atom is -0.464 e. The molecule has 0 unspecified atom stereocenters. The quantitative estimate of drug-likeness (QED) is 0.265. The van der Waals surface area contributed by atoms with Crippen LogP contribution >= 0.6 is 27.5 Å². The smallest absolute Gasteiger partial charge is 0.334 e. The van der Waals surface area contributed by atoms with Gasteiger partial charge in [-0.3, -0.25) is 9.63 Å². The Morgan fingerprint density at radius 1 is 1.30 bits per heavy atom. The van der Waals surface area contributed by atoms with E-state index in [1.165, 1.54) is 6.07 Å². The molecule has 0 bridgehead atoms. The fourth-order valence-corrected chi connectivity index (χ4v) is 3.58. The SMILES string of the molecule is [B]C([B])([B])n1cnc2c(F)c(Nc3ccc(Br)cc3Cl)c(C(=O)NOCC(=O)OCC)cc21. The summed E-state index contributed by atoms with van der Waals surface area (Å²) in [5, 5.41) is 1.13. The monoisotopic (exact) mass is 528 g/mol. The number of hydrogen-bond acceptors (Lipinski definition) is 6. The van der Waals surface area contributed by atoms with Crippen molar-refractivity contribution in [3.63, 3.8) is 0 Å². The summed E-state index contributed by atoms with van der Waals surface area (Å²) in [4.78, 5) is 33.2. The molecule has 0 fully saturated rings. The van der Waals surface area contributed by atoms with E-state index < -0.39 is 29.5 Å². The van der Waals surface area contributed by atoms with E-state index in [4.69, 9.17) is 44.7 Å². The Balaban J connectivity index is 2.06. The van der Waals surface area contributed by atoms with Crippen LogP contribution < -0.4 is 10.8 Å². The fraction of sp³-hybridized carbons (Fsp3) is 0.211. The number of amides is 1. The first-order valence-electron chi connectivity index (χ1n) is 9.39. The number of aromatic nitrogens is 2. The highest BCUT2D eigenvalue weighted by atomic mass is 79.9. The first-order valence-corrected chi connectivity index (χ1v) is 10.6. The molecule has 8 nitrogen and oxygen atoms in total. The lowest BCUT2D eigenvalue weighted by Crippen LogP contribution is -2.34. The number of ether oxygens (including phenoxy) is 1. The number of fused-ring (bicyclic) bond motifs is 1. The van der Waals surface area contributed by atoms with Gasteiger partial charge in [0, 0.05) is 4.47 Å². The van der Waals surface area contributed by atoms with Crippen molar-refractivity contribution in [1.29, 1.82) is 0 Å². The maximum absolute atomic E-state index is 15.5. The van der Waals surface area contributed by atoms with Gasteiger partial charge in [0.15, 0.2) is 12.4 Å². The largest absolute Gasteiger partial charge is 0.464 e. The molecule has 0 aliphatic heterocycles. The predicted octanol–water partition coefficient (Wildman–Crippen LogP) is 2.63. The number of carbonyl (C=O) groups is 2. The molecule has 1 heterocycles. The number of rotatable bonds is 8. The molecule has 3 rings (SSSR count). The van der Waals surface area contributed by atoms with Gasteiger partial charge in [-0.1, -0.05) is 32.8 Å². The molecule has 6 radical (unpaired) electrons. The number of anilines is 2. The standard InChI is InChI=1S/C19H14B3BrClFN4O4/c1-2-32-14(30)7-33-28-18(31)10-6-13-17(26-8-29(13)19(20,21)22)15(25)16(10)27-12-4-3-9(23)5-11(12)24/h3-6,8,27H,2,7H2,1H3,(H,28,31). The number of nitrogens with zero attached hydrogens (tertiary/aromatic N) is 2. The molecule has 1 amide bonds. The highest BCUT2D eigenvalue weighted by molar-refractivity contribution is 9.10. The Kier molecular flexibility index (Phi) is 7.76. The van der Waals surface area contributed by atoms with Crippen LogP contribution in [0.3, 0.4) is 0 Å². The third-order valence-electron chi connectivity index (χ3n) is 4.30. The molecule has 33 heavy (non-hydrogen) atoms. The Labute approximate surface area is 205 Å². The molecular weight excluding hydrogens is 515 g/mol. The van der Waals surface area contributed by atoms with Crippen LogP contribution in [0.4, 0.5) is 15.8 Å². The van der Waals surface area contributed by atoms with Gasteiger partial charge in [-0.05, 0) is 31.2 Å². The van der Waals surface area contributed by atoms with Crippen LogP contribution in [0, 0.1) is 5.82 Å². The number of imidazole rings is 1. The van der Waals surface area contributed by atoms with E-state index in [9.17, 15) is 9.59 Å². The van der Waals surface area contributed by atoms with Crippen molar-refractivity contribution in [2.75, 3.05) is 18.5 Å². The molecule has 2 aromatic carbocycles. The van der Waals surface area contributed by atoms with E-state index in [2.05, 4.69) is 31.7 Å². The third-order valence-corrected chi connectivity index (χ3v) is 5.10. The van der Waals surface area contributed by atoms with E-state index in [1.54, 1.807) is 25.1 Å². The molecule has 3 aromatic rings. The summed E-state index contributed by atoms with van der Waals surface area (Å²) in [6.45, 7) is 1.21. The number of carbonyl (C=O) groups excluding carboxylic acids is 2. The van der Waals surface area contributed by atoms with Gasteiger partial charge in [-0.15, -0.1) is 0 Å². The Hall–Kier alpha value is -2.50. The average Bonchev–Trinajstić information content (AvgIpc) is 3.16. The Morgan fingerprint density at radius 2 is 2.03 bits per heavy atom. The first-order chi connectivity index (χ1) is 15.5. The Morgan fingerprint density at radius 3 is 2.67 bits per heavy atom. The molecule has 0 spiro atoms. The van der Waals surface area contributed by atoms with Crippen LogP contribution in [0.25, 0.3) is 11.0 Å². The van der Waals surface area contributed by atoms with Crippen molar-refractivity contribution in [2.45, 2.75) is 12.2 Å².